The second-order valence-electron chi connectivity index (χ2n) is 8.15. The number of hydrogen-bond donors (Lipinski definition) is 2. The fraction of sp³-hybridized carbons (Fsp3) is 0.269. The number of hydrogen-bond acceptors (Lipinski definition) is 4. The zero-order chi connectivity index (χ0) is 23.4. The lowest BCUT2D eigenvalue weighted by atomic mass is 10.1. The summed E-state index contributed by atoms with van der Waals surface area (Å²) < 4.78 is 1.69. The van der Waals surface area contributed by atoms with Crippen molar-refractivity contribution >= 4 is 34.4 Å². The number of unbranched alkanes of at least 4 members (excludes halogenated alkanes) is 1. The van der Waals surface area contributed by atoms with Crippen LogP contribution in [0.1, 0.15) is 30.9 Å². The Hall–Kier alpha value is -3.32. The van der Waals surface area contributed by atoms with E-state index in [1.54, 1.807) is 4.57 Å². The summed E-state index contributed by atoms with van der Waals surface area (Å²) in [5, 5.41) is 3.54. The standard InChI is InChI=1S/C26H28N4O2S/c1-4-5-13-30-25(32)24-23(20(15-27-24)19-9-7-6-8-10-19)29-26(30)33-16-22(31)28-21-12-11-17(2)14-18(21)3/h6-12,14-15,27H,4-5,13,16H2,1-3H3,(H,28,31). The van der Waals surface area contributed by atoms with Gasteiger partial charge in [0.1, 0.15) is 11.0 Å². The maximum atomic E-state index is 13.3. The molecule has 0 saturated carbocycles. The van der Waals surface area contributed by atoms with Crippen LogP contribution >= 0.6 is 11.8 Å². The molecule has 7 heteroatoms. The molecule has 0 saturated heterocycles. The predicted molar refractivity (Wildman–Crippen MR) is 136 cm³/mol. The molecule has 1 amide bonds. The number of carbonyl (C=O) groups excluding carboxylic acids is 1. The summed E-state index contributed by atoms with van der Waals surface area (Å²) >= 11 is 1.30. The topological polar surface area (TPSA) is 79.8 Å². The van der Waals surface area contributed by atoms with Gasteiger partial charge in [-0.25, -0.2) is 4.98 Å². The van der Waals surface area contributed by atoms with E-state index in [2.05, 4.69) is 17.2 Å². The Morgan fingerprint density at radius 1 is 1.15 bits per heavy atom. The van der Waals surface area contributed by atoms with Gasteiger partial charge in [0.15, 0.2) is 5.16 Å². The summed E-state index contributed by atoms with van der Waals surface area (Å²) in [5.74, 6) is 0.0448. The van der Waals surface area contributed by atoms with Crippen LogP contribution in [-0.2, 0) is 11.3 Å². The summed E-state index contributed by atoms with van der Waals surface area (Å²) in [7, 11) is 0. The molecule has 0 unspecified atom stereocenters. The Labute approximate surface area is 197 Å². The molecule has 0 fully saturated rings. The van der Waals surface area contributed by atoms with E-state index in [0.29, 0.717) is 22.7 Å². The maximum absolute atomic E-state index is 13.3. The number of nitrogens with zero attached hydrogens (tertiary/aromatic N) is 2. The number of aromatic amines is 1. The Morgan fingerprint density at radius 2 is 1.94 bits per heavy atom. The molecule has 33 heavy (non-hydrogen) atoms. The van der Waals surface area contributed by atoms with Crippen molar-refractivity contribution in [1.29, 1.82) is 0 Å². The van der Waals surface area contributed by atoms with Gasteiger partial charge in [-0.05, 0) is 37.5 Å². The number of thioether (sulfide) groups is 1. The van der Waals surface area contributed by atoms with Crippen LogP contribution in [-0.4, -0.2) is 26.2 Å². The van der Waals surface area contributed by atoms with Crippen molar-refractivity contribution in [3.8, 4) is 11.1 Å². The van der Waals surface area contributed by atoms with Gasteiger partial charge in [-0.3, -0.25) is 14.2 Å². The zero-order valence-electron chi connectivity index (χ0n) is 19.1. The summed E-state index contributed by atoms with van der Waals surface area (Å²) in [6, 6.07) is 15.8. The number of aryl methyl sites for hydroxylation is 2. The molecule has 6 nitrogen and oxygen atoms in total. The maximum Gasteiger partial charge on any atom is 0.278 e. The minimum atomic E-state index is -0.124. The summed E-state index contributed by atoms with van der Waals surface area (Å²) in [6.07, 6.45) is 3.66. The molecule has 4 rings (SSSR count). The fourth-order valence-electron chi connectivity index (χ4n) is 3.80. The average Bonchev–Trinajstić information content (AvgIpc) is 3.24. The lowest BCUT2D eigenvalue weighted by molar-refractivity contribution is -0.113. The molecule has 2 heterocycles. The van der Waals surface area contributed by atoms with Gasteiger partial charge in [0.2, 0.25) is 5.91 Å². The fourth-order valence-corrected chi connectivity index (χ4v) is 4.62. The summed E-state index contributed by atoms with van der Waals surface area (Å²) in [6.45, 7) is 6.66. The van der Waals surface area contributed by atoms with Crippen molar-refractivity contribution in [3.63, 3.8) is 0 Å². The van der Waals surface area contributed by atoms with Gasteiger partial charge in [-0.2, -0.15) is 0 Å². The molecular weight excluding hydrogens is 432 g/mol. The number of carbonyl (C=O) groups is 1. The predicted octanol–water partition coefficient (Wildman–Crippen LogP) is 5.54. The molecule has 2 aromatic carbocycles. The quantitative estimate of drug-likeness (QED) is 0.267. The molecule has 0 aliphatic rings. The SMILES string of the molecule is CCCCn1c(SCC(=O)Nc2ccc(C)cc2C)nc2c(-c3ccccc3)c[nH]c2c1=O. The number of aromatic nitrogens is 3. The molecule has 2 N–H and O–H groups in total. The first-order chi connectivity index (χ1) is 16.0. The lowest BCUT2D eigenvalue weighted by Gasteiger charge is -2.13. The molecular formula is C26H28N4O2S. The van der Waals surface area contributed by atoms with E-state index in [4.69, 9.17) is 4.98 Å². The van der Waals surface area contributed by atoms with E-state index in [1.807, 2.05) is 68.6 Å². The van der Waals surface area contributed by atoms with Crippen molar-refractivity contribution in [3.05, 3.63) is 76.2 Å². The van der Waals surface area contributed by atoms with Crippen LogP contribution in [0.4, 0.5) is 5.69 Å². The lowest BCUT2D eigenvalue weighted by Crippen LogP contribution is -2.24. The third-order valence-electron chi connectivity index (χ3n) is 5.56. The van der Waals surface area contributed by atoms with E-state index in [0.717, 1.165) is 40.8 Å². The Morgan fingerprint density at radius 3 is 2.67 bits per heavy atom. The van der Waals surface area contributed by atoms with Crippen LogP contribution in [0, 0.1) is 13.8 Å². The van der Waals surface area contributed by atoms with E-state index < -0.39 is 0 Å². The second kappa shape index (κ2) is 10.1. The summed E-state index contributed by atoms with van der Waals surface area (Å²) in [4.78, 5) is 33.9. The van der Waals surface area contributed by atoms with E-state index in [1.165, 1.54) is 11.8 Å². The first-order valence-corrected chi connectivity index (χ1v) is 12.1. The number of anilines is 1. The van der Waals surface area contributed by atoms with Crippen molar-refractivity contribution in [1.82, 2.24) is 14.5 Å². The zero-order valence-corrected chi connectivity index (χ0v) is 20.0. The number of fused-ring (bicyclic) bond motifs is 1. The van der Waals surface area contributed by atoms with Gasteiger partial charge >= 0.3 is 0 Å². The van der Waals surface area contributed by atoms with Gasteiger partial charge in [0.25, 0.3) is 5.56 Å². The van der Waals surface area contributed by atoms with Crippen molar-refractivity contribution in [2.45, 2.75) is 45.3 Å². The molecule has 0 aliphatic heterocycles. The second-order valence-corrected chi connectivity index (χ2v) is 9.09. The Bertz CT molecular complexity index is 1340. The number of H-pyrrole nitrogens is 1. The van der Waals surface area contributed by atoms with E-state index in [-0.39, 0.29) is 17.2 Å². The number of nitrogens with one attached hydrogen (secondary N) is 2. The normalized spacial score (nSPS) is 11.1. The van der Waals surface area contributed by atoms with Gasteiger partial charge in [-0.15, -0.1) is 0 Å². The average molecular weight is 461 g/mol. The third-order valence-corrected chi connectivity index (χ3v) is 6.53. The highest BCUT2D eigenvalue weighted by molar-refractivity contribution is 7.99. The number of amides is 1. The van der Waals surface area contributed by atoms with Crippen LogP contribution in [0.3, 0.4) is 0 Å². The first kappa shape index (κ1) is 22.9. The van der Waals surface area contributed by atoms with Gasteiger partial charge in [0, 0.05) is 24.0 Å². The third kappa shape index (κ3) is 5.03. The van der Waals surface area contributed by atoms with Crippen LogP contribution in [0.2, 0.25) is 0 Å². The van der Waals surface area contributed by atoms with Crippen LogP contribution in [0.5, 0.6) is 0 Å². The highest BCUT2D eigenvalue weighted by Crippen LogP contribution is 2.28. The molecule has 4 aromatic rings. The minimum Gasteiger partial charge on any atom is -0.355 e. The number of benzene rings is 2. The van der Waals surface area contributed by atoms with Gasteiger partial charge < -0.3 is 10.3 Å². The summed E-state index contributed by atoms with van der Waals surface area (Å²) in [5.41, 5.74) is 5.87. The van der Waals surface area contributed by atoms with Crippen LogP contribution in [0.25, 0.3) is 22.2 Å². The van der Waals surface area contributed by atoms with Crippen molar-refractivity contribution < 1.29 is 4.79 Å². The largest absolute Gasteiger partial charge is 0.355 e. The molecule has 0 atom stereocenters. The van der Waals surface area contributed by atoms with Crippen LogP contribution < -0.4 is 10.9 Å². The molecule has 0 radical (unpaired) electrons. The molecule has 170 valence electrons. The first-order valence-electron chi connectivity index (χ1n) is 11.1. The minimum absolute atomic E-state index is 0.104. The molecule has 0 bridgehead atoms. The smallest absolute Gasteiger partial charge is 0.278 e. The Kier molecular flexibility index (Phi) is 6.99. The molecule has 0 aliphatic carbocycles. The van der Waals surface area contributed by atoms with Crippen molar-refractivity contribution in [2.24, 2.45) is 0 Å². The highest BCUT2D eigenvalue weighted by atomic mass is 32.2. The van der Waals surface area contributed by atoms with E-state index in [9.17, 15) is 9.59 Å². The monoisotopic (exact) mass is 460 g/mol. The van der Waals surface area contributed by atoms with Crippen molar-refractivity contribution in [2.75, 3.05) is 11.1 Å². The number of rotatable bonds is 8. The highest BCUT2D eigenvalue weighted by Gasteiger charge is 2.17. The molecule has 0 spiro atoms. The van der Waals surface area contributed by atoms with Gasteiger partial charge in [0.05, 0.1) is 5.75 Å². The van der Waals surface area contributed by atoms with Crippen LogP contribution in [0.15, 0.2) is 64.7 Å². The van der Waals surface area contributed by atoms with E-state index >= 15 is 0 Å². The van der Waals surface area contributed by atoms with Gasteiger partial charge in [-0.1, -0.05) is 73.1 Å². The Balaban J connectivity index is 1.64. The molecule has 2 aromatic heterocycles.